The van der Waals surface area contributed by atoms with Crippen molar-refractivity contribution in [2.45, 2.75) is 26.1 Å². The van der Waals surface area contributed by atoms with Gasteiger partial charge in [-0.1, -0.05) is 65.7 Å². The number of aryl methyl sites for hydroxylation is 2. The van der Waals surface area contributed by atoms with Crippen molar-refractivity contribution in [3.05, 3.63) is 81.9 Å². The fourth-order valence-corrected chi connectivity index (χ4v) is 4.51. The molecule has 0 fully saturated rings. The Morgan fingerprint density at radius 2 is 1.86 bits per heavy atom. The lowest BCUT2D eigenvalue weighted by atomic mass is 10.0. The minimum Gasteiger partial charge on any atom is -0.352 e. The number of hydrogen-bond acceptors (Lipinski definition) is 4. The second-order valence-electron chi connectivity index (χ2n) is 8.37. The first-order valence-corrected chi connectivity index (χ1v) is 12.0. The Bertz CT molecular complexity index is 1640. The summed E-state index contributed by atoms with van der Waals surface area (Å²) in [4.78, 5) is 17.4. The van der Waals surface area contributed by atoms with Gasteiger partial charge in [-0.3, -0.25) is 9.48 Å². The topological polar surface area (TPSA) is 77.1 Å². The Morgan fingerprint density at radius 1 is 1.11 bits per heavy atom. The summed E-state index contributed by atoms with van der Waals surface area (Å²) in [6, 6.07) is 13.6. The SMILES string of the molecule is Cc1nn(CCCNC(=O)c2cnn3c(C(F)(F)F)cc(-c4cccc5ccccc45)nc23)c(Cl)c1Cl. The molecule has 0 radical (unpaired) electrons. The molecule has 0 saturated heterocycles. The summed E-state index contributed by atoms with van der Waals surface area (Å²) in [5.41, 5.74) is -0.0810. The summed E-state index contributed by atoms with van der Waals surface area (Å²) in [6.07, 6.45) is -3.17. The molecule has 0 bridgehead atoms. The van der Waals surface area contributed by atoms with E-state index in [-0.39, 0.29) is 23.4 Å². The van der Waals surface area contributed by atoms with Crippen LogP contribution in [0.4, 0.5) is 13.2 Å². The fourth-order valence-electron chi connectivity index (χ4n) is 4.12. The number of carbonyl (C=O) groups is 1. The molecule has 3 aromatic heterocycles. The highest BCUT2D eigenvalue weighted by Gasteiger charge is 2.36. The van der Waals surface area contributed by atoms with Gasteiger partial charge in [0.1, 0.15) is 15.7 Å². The molecular weight excluding hydrogens is 528 g/mol. The summed E-state index contributed by atoms with van der Waals surface area (Å²) in [5.74, 6) is -0.591. The highest BCUT2D eigenvalue weighted by molar-refractivity contribution is 6.41. The van der Waals surface area contributed by atoms with Crippen LogP contribution in [-0.4, -0.2) is 36.8 Å². The number of amides is 1. The molecule has 0 unspecified atom stereocenters. The number of hydrogen-bond donors (Lipinski definition) is 1. The van der Waals surface area contributed by atoms with Gasteiger partial charge in [0.05, 0.1) is 17.6 Å². The number of benzene rings is 2. The Balaban J connectivity index is 1.46. The molecule has 1 N–H and O–H groups in total. The lowest BCUT2D eigenvalue weighted by molar-refractivity contribution is -0.142. The molecule has 0 saturated carbocycles. The smallest absolute Gasteiger partial charge is 0.352 e. The van der Waals surface area contributed by atoms with Crippen LogP contribution in [0.25, 0.3) is 27.7 Å². The minimum absolute atomic E-state index is 0.0661. The Hall–Kier alpha value is -3.63. The Labute approximate surface area is 218 Å². The summed E-state index contributed by atoms with van der Waals surface area (Å²) in [5, 5.41) is 13.0. The number of nitrogens with zero attached hydrogens (tertiary/aromatic N) is 5. The third-order valence-electron chi connectivity index (χ3n) is 5.90. The summed E-state index contributed by atoms with van der Waals surface area (Å²) < 4.78 is 44.2. The van der Waals surface area contributed by atoms with Gasteiger partial charge in [0, 0.05) is 18.7 Å². The van der Waals surface area contributed by atoms with Gasteiger partial charge in [0.25, 0.3) is 5.91 Å². The van der Waals surface area contributed by atoms with Crippen molar-refractivity contribution in [3.63, 3.8) is 0 Å². The molecular formula is C25H19Cl2F3N6O. The second-order valence-corrected chi connectivity index (χ2v) is 9.10. The van der Waals surface area contributed by atoms with E-state index in [4.69, 9.17) is 23.2 Å². The van der Waals surface area contributed by atoms with Crippen LogP contribution in [-0.2, 0) is 12.7 Å². The predicted molar refractivity (Wildman–Crippen MR) is 135 cm³/mol. The number of carbonyl (C=O) groups excluding carboxylic acids is 1. The summed E-state index contributed by atoms with van der Waals surface area (Å²) in [7, 11) is 0. The molecule has 37 heavy (non-hydrogen) atoms. The maximum atomic E-state index is 14.0. The van der Waals surface area contributed by atoms with E-state index in [2.05, 4.69) is 20.5 Å². The van der Waals surface area contributed by atoms with Gasteiger partial charge in [-0.05, 0) is 30.2 Å². The van der Waals surface area contributed by atoms with E-state index in [1.807, 2.05) is 24.3 Å². The van der Waals surface area contributed by atoms with E-state index < -0.39 is 17.8 Å². The lowest BCUT2D eigenvalue weighted by Crippen LogP contribution is -2.25. The van der Waals surface area contributed by atoms with Crippen LogP contribution < -0.4 is 5.32 Å². The zero-order chi connectivity index (χ0) is 26.3. The summed E-state index contributed by atoms with van der Waals surface area (Å²) >= 11 is 12.2. The standard InChI is InChI=1S/C25H19Cl2F3N6O/c1-14-21(26)22(27)35(34-14)11-5-10-31-24(37)18-13-32-36-20(25(28,29)30)12-19(33-23(18)36)17-9-4-7-15-6-2-3-8-16(15)17/h2-4,6-9,12-13H,5,10-11H2,1H3,(H,31,37). The number of nitrogens with one attached hydrogen (secondary N) is 1. The van der Waals surface area contributed by atoms with Gasteiger partial charge in [0.15, 0.2) is 11.3 Å². The molecule has 0 spiro atoms. The van der Waals surface area contributed by atoms with Crippen LogP contribution in [0.3, 0.4) is 0 Å². The average Bonchev–Trinajstić information content (AvgIpc) is 3.41. The number of halogens is 5. The van der Waals surface area contributed by atoms with Crippen LogP contribution in [0, 0.1) is 6.92 Å². The third-order valence-corrected chi connectivity index (χ3v) is 6.83. The van der Waals surface area contributed by atoms with Crippen LogP contribution in [0.5, 0.6) is 0 Å². The number of aromatic nitrogens is 5. The maximum absolute atomic E-state index is 14.0. The van der Waals surface area contributed by atoms with Crippen LogP contribution >= 0.6 is 23.2 Å². The van der Waals surface area contributed by atoms with Crippen molar-refractivity contribution in [2.75, 3.05) is 6.54 Å². The van der Waals surface area contributed by atoms with Crippen molar-refractivity contribution in [1.82, 2.24) is 29.7 Å². The fraction of sp³-hybridized carbons (Fsp3) is 0.200. The van der Waals surface area contributed by atoms with E-state index in [0.29, 0.717) is 38.9 Å². The molecule has 2 aromatic carbocycles. The molecule has 190 valence electrons. The first-order chi connectivity index (χ1) is 17.6. The first kappa shape index (κ1) is 25.0. The number of fused-ring (bicyclic) bond motifs is 2. The van der Waals surface area contributed by atoms with Crippen LogP contribution in [0.2, 0.25) is 10.2 Å². The molecule has 7 nitrogen and oxygen atoms in total. The lowest BCUT2D eigenvalue weighted by Gasteiger charge is -2.13. The molecule has 3 heterocycles. The molecule has 5 aromatic rings. The number of alkyl halides is 3. The highest BCUT2D eigenvalue weighted by atomic mass is 35.5. The molecule has 12 heteroatoms. The molecule has 0 aliphatic heterocycles. The van der Waals surface area contributed by atoms with Crippen LogP contribution in [0.15, 0.2) is 54.7 Å². The van der Waals surface area contributed by atoms with Crippen molar-refractivity contribution in [2.24, 2.45) is 0 Å². The second kappa shape index (κ2) is 9.68. The highest BCUT2D eigenvalue weighted by Crippen LogP contribution is 2.35. The van der Waals surface area contributed by atoms with Gasteiger partial charge >= 0.3 is 6.18 Å². The zero-order valence-electron chi connectivity index (χ0n) is 19.4. The zero-order valence-corrected chi connectivity index (χ0v) is 20.9. The van der Waals surface area contributed by atoms with Gasteiger partial charge in [-0.2, -0.15) is 23.4 Å². The quantitative estimate of drug-likeness (QED) is 0.257. The average molecular weight is 547 g/mol. The first-order valence-electron chi connectivity index (χ1n) is 11.3. The molecule has 1 amide bonds. The normalized spacial score (nSPS) is 11.9. The molecule has 0 aliphatic carbocycles. The van der Waals surface area contributed by atoms with Crippen LogP contribution in [0.1, 0.15) is 28.2 Å². The molecule has 0 atom stereocenters. The largest absolute Gasteiger partial charge is 0.433 e. The van der Waals surface area contributed by atoms with E-state index in [1.165, 1.54) is 4.68 Å². The van der Waals surface area contributed by atoms with Gasteiger partial charge in [0.2, 0.25) is 0 Å². The van der Waals surface area contributed by atoms with E-state index in [1.54, 1.807) is 25.1 Å². The third kappa shape index (κ3) is 4.74. The van der Waals surface area contributed by atoms with Gasteiger partial charge in [-0.15, -0.1) is 0 Å². The van der Waals surface area contributed by atoms with E-state index in [9.17, 15) is 18.0 Å². The van der Waals surface area contributed by atoms with Crippen molar-refractivity contribution < 1.29 is 18.0 Å². The van der Waals surface area contributed by atoms with E-state index in [0.717, 1.165) is 23.0 Å². The van der Waals surface area contributed by atoms with Gasteiger partial charge in [-0.25, -0.2) is 9.50 Å². The van der Waals surface area contributed by atoms with Gasteiger partial charge < -0.3 is 5.32 Å². The monoisotopic (exact) mass is 546 g/mol. The molecule has 5 rings (SSSR count). The summed E-state index contributed by atoms with van der Waals surface area (Å²) in [6.45, 7) is 2.34. The van der Waals surface area contributed by atoms with E-state index >= 15 is 0 Å². The maximum Gasteiger partial charge on any atom is 0.433 e. The predicted octanol–water partition coefficient (Wildman–Crippen LogP) is 6.20. The molecule has 0 aliphatic rings. The number of rotatable bonds is 6. The van der Waals surface area contributed by atoms with Crippen molar-refractivity contribution in [3.8, 4) is 11.3 Å². The van der Waals surface area contributed by atoms with Crippen molar-refractivity contribution in [1.29, 1.82) is 0 Å². The Morgan fingerprint density at radius 3 is 2.59 bits per heavy atom. The Kier molecular flexibility index (Phi) is 6.55. The minimum atomic E-state index is -4.72. The van der Waals surface area contributed by atoms with Crippen molar-refractivity contribution >= 4 is 45.5 Å².